The SMILES string of the molecule is Nc1nc(-c2ccc3c(c2)OCO3)[nH]c(=O)n1. The Morgan fingerprint density at radius 1 is 1.24 bits per heavy atom. The van der Waals surface area contributed by atoms with E-state index < -0.39 is 5.69 Å². The van der Waals surface area contributed by atoms with Gasteiger partial charge in [-0.3, -0.25) is 4.98 Å². The number of rotatable bonds is 1. The molecule has 0 fully saturated rings. The molecule has 3 N–H and O–H groups in total. The summed E-state index contributed by atoms with van der Waals surface area (Å²) in [6.45, 7) is 0.196. The summed E-state index contributed by atoms with van der Waals surface area (Å²) in [5, 5.41) is 0. The van der Waals surface area contributed by atoms with Gasteiger partial charge in [-0.05, 0) is 18.2 Å². The van der Waals surface area contributed by atoms with Gasteiger partial charge < -0.3 is 15.2 Å². The Balaban J connectivity index is 2.12. The number of nitrogens with zero attached hydrogens (tertiary/aromatic N) is 2. The predicted octanol–water partition coefficient (Wildman–Crippen LogP) is 0.143. The van der Waals surface area contributed by atoms with Gasteiger partial charge in [0.1, 0.15) is 5.82 Å². The van der Waals surface area contributed by atoms with Crippen molar-refractivity contribution in [2.24, 2.45) is 0 Å². The van der Waals surface area contributed by atoms with E-state index in [1.165, 1.54) is 0 Å². The summed E-state index contributed by atoms with van der Waals surface area (Å²) in [5.74, 6) is 1.56. The lowest BCUT2D eigenvalue weighted by Crippen LogP contribution is -2.15. The molecule has 1 aromatic carbocycles. The lowest BCUT2D eigenvalue weighted by Gasteiger charge is -2.02. The second-order valence-electron chi connectivity index (χ2n) is 3.43. The average Bonchev–Trinajstić information content (AvgIpc) is 2.74. The van der Waals surface area contributed by atoms with Crippen molar-refractivity contribution >= 4 is 5.95 Å². The molecule has 17 heavy (non-hydrogen) atoms. The molecule has 1 aromatic heterocycles. The van der Waals surface area contributed by atoms with Crippen LogP contribution in [-0.2, 0) is 0 Å². The van der Waals surface area contributed by atoms with E-state index >= 15 is 0 Å². The van der Waals surface area contributed by atoms with Crippen molar-refractivity contribution in [3.8, 4) is 22.9 Å². The number of ether oxygens (including phenoxy) is 2. The van der Waals surface area contributed by atoms with Crippen molar-refractivity contribution in [3.05, 3.63) is 28.7 Å². The first-order valence-corrected chi connectivity index (χ1v) is 4.86. The first-order chi connectivity index (χ1) is 8.22. The zero-order valence-corrected chi connectivity index (χ0v) is 8.64. The molecule has 0 amide bonds. The minimum absolute atomic E-state index is 0.0681. The van der Waals surface area contributed by atoms with E-state index in [4.69, 9.17) is 15.2 Å². The van der Waals surface area contributed by atoms with E-state index in [1.807, 2.05) is 0 Å². The first kappa shape index (κ1) is 9.64. The van der Waals surface area contributed by atoms with Crippen molar-refractivity contribution in [1.29, 1.82) is 0 Å². The Morgan fingerprint density at radius 2 is 2.06 bits per heavy atom. The van der Waals surface area contributed by atoms with Gasteiger partial charge in [0.15, 0.2) is 11.5 Å². The second kappa shape index (κ2) is 3.48. The van der Waals surface area contributed by atoms with E-state index in [0.29, 0.717) is 22.9 Å². The Morgan fingerprint density at radius 3 is 2.88 bits per heavy atom. The molecular formula is C10H8N4O3. The molecule has 0 radical (unpaired) electrons. The number of nitrogens with two attached hydrogens (primary N) is 1. The van der Waals surface area contributed by atoms with Crippen LogP contribution >= 0.6 is 0 Å². The van der Waals surface area contributed by atoms with Crippen LogP contribution in [0.4, 0.5) is 5.95 Å². The molecule has 0 spiro atoms. The van der Waals surface area contributed by atoms with Crippen LogP contribution in [0.25, 0.3) is 11.4 Å². The van der Waals surface area contributed by atoms with Crippen molar-refractivity contribution in [1.82, 2.24) is 15.0 Å². The van der Waals surface area contributed by atoms with Crippen LogP contribution in [-0.4, -0.2) is 21.7 Å². The van der Waals surface area contributed by atoms with Crippen molar-refractivity contribution in [2.45, 2.75) is 0 Å². The average molecular weight is 232 g/mol. The molecule has 2 aromatic rings. The van der Waals surface area contributed by atoms with Crippen molar-refractivity contribution in [2.75, 3.05) is 12.5 Å². The molecule has 0 saturated carbocycles. The minimum Gasteiger partial charge on any atom is -0.454 e. The minimum atomic E-state index is -0.537. The normalized spacial score (nSPS) is 12.7. The van der Waals surface area contributed by atoms with Gasteiger partial charge in [0.05, 0.1) is 0 Å². The third kappa shape index (κ3) is 1.67. The highest BCUT2D eigenvalue weighted by Gasteiger charge is 2.14. The number of fused-ring (bicyclic) bond motifs is 1. The summed E-state index contributed by atoms with van der Waals surface area (Å²) in [5.41, 5.74) is 5.56. The maximum absolute atomic E-state index is 11.2. The third-order valence-electron chi connectivity index (χ3n) is 2.31. The zero-order valence-electron chi connectivity index (χ0n) is 8.64. The lowest BCUT2D eigenvalue weighted by molar-refractivity contribution is 0.174. The van der Waals surface area contributed by atoms with Crippen LogP contribution < -0.4 is 20.9 Å². The largest absolute Gasteiger partial charge is 0.454 e. The molecule has 0 aliphatic carbocycles. The molecule has 0 bridgehead atoms. The number of anilines is 1. The topological polar surface area (TPSA) is 103 Å². The molecule has 2 heterocycles. The molecule has 7 nitrogen and oxygen atoms in total. The number of H-pyrrole nitrogens is 1. The van der Waals surface area contributed by atoms with Gasteiger partial charge in [-0.1, -0.05) is 0 Å². The van der Waals surface area contributed by atoms with Crippen molar-refractivity contribution < 1.29 is 9.47 Å². The Labute approximate surface area is 95.2 Å². The molecular weight excluding hydrogens is 224 g/mol. The van der Waals surface area contributed by atoms with Crippen LogP contribution in [0.3, 0.4) is 0 Å². The van der Waals surface area contributed by atoms with E-state index in [2.05, 4.69) is 15.0 Å². The monoisotopic (exact) mass is 232 g/mol. The summed E-state index contributed by atoms with van der Waals surface area (Å²) in [6, 6.07) is 5.22. The maximum atomic E-state index is 11.2. The molecule has 7 heteroatoms. The number of nitrogens with one attached hydrogen (secondary N) is 1. The van der Waals surface area contributed by atoms with Crippen LogP contribution in [0.5, 0.6) is 11.5 Å². The van der Waals surface area contributed by atoms with E-state index in [-0.39, 0.29) is 12.7 Å². The maximum Gasteiger partial charge on any atom is 0.349 e. The Kier molecular flexibility index (Phi) is 1.97. The number of aromatic nitrogens is 3. The van der Waals surface area contributed by atoms with Crippen LogP contribution in [0.15, 0.2) is 23.0 Å². The quantitative estimate of drug-likeness (QED) is 0.725. The summed E-state index contributed by atoms with van der Waals surface area (Å²) < 4.78 is 10.4. The summed E-state index contributed by atoms with van der Waals surface area (Å²) in [4.78, 5) is 21.1. The number of hydrogen-bond donors (Lipinski definition) is 2. The highest BCUT2D eigenvalue weighted by Crippen LogP contribution is 2.34. The predicted molar refractivity (Wildman–Crippen MR) is 58.6 cm³/mol. The van der Waals surface area contributed by atoms with Gasteiger partial charge in [-0.15, -0.1) is 0 Å². The van der Waals surface area contributed by atoms with E-state index in [9.17, 15) is 4.79 Å². The highest BCUT2D eigenvalue weighted by molar-refractivity contribution is 5.61. The highest BCUT2D eigenvalue weighted by atomic mass is 16.7. The van der Waals surface area contributed by atoms with Gasteiger partial charge in [-0.25, -0.2) is 4.79 Å². The number of hydrogen-bond acceptors (Lipinski definition) is 6. The second-order valence-corrected chi connectivity index (χ2v) is 3.43. The van der Waals surface area contributed by atoms with Gasteiger partial charge in [0.2, 0.25) is 12.7 Å². The summed E-state index contributed by atoms with van der Waals surface area (Å²) in [6.07, 6.45) is 0. The van der Waals surface area contributed by atoms with E-state index in [0.717, 1.165) is 0 Å². The fourth-order valence-electron chi connectivity index (χ4n) is 1.58. The fourth-order valence-corrected chi connectivity index (χ4v) is 1.58. The van der Waals surface area contributed by atoms with Crippen molar-refractivity contribution in [3.63, 3.8) is 0 Å². The van der Waals surface area contributed by atoms with Gasteiger partial charge in [-0.2, -0.15) is 9.97 Å². The van der Waals surface area contributed by atoms with E-state index in [1.54, 1.807) is 18.2 Å². The van der Waals surface area contributed by atoms with Crippen LogP contribution in [0, 0.1) is 0 Å². The number of benzene rings is 1. The Hall–Kier alpha value is -2.57. The number of nitrogen functional groups attached to an aromatic ring is 1. The van der Waals surface area contributed by atoms with Crippen LogP contribution in [0.2, 0.25) is 0 Å². The molecule has 0 atom stereocenters. The summed E-state index contributed by atoms with van der Waals surface area (Å²) >= 11 is 0. The molecule has 1 aliphatic rings. The smallest absolute Gasteiger partial charge is 0.349 e. The van der Waals surface area contributed by atoms with Crippen LogP contribution in [0.1, 0.15) is 0 Å². The first-order valence-electron chi connectivity index (χ1n) is 4.86. The molecule has 0 unspecified atom stereocenters. The standard InChI is InChI=1S/C10H8N4O3/c11-9-12-8(13-10(15)14-9)5-1-2-6-7(3-5)17-4-16-6/h1-3H,4H2,(H3,11,12,13,14,15). The van der Waals surface area contributed by atoms with Gasteiger partial charge >= 0.3 is 5.69 Å². The summed E-state index contributed by atoms with van der Waals surface area (Å²) in [7, 11) is 0. The molecule has 3 rings (SSSR count). The van der Waals surface area contributed by atoms with Gasteiger partial charge in [0.25, 0.3) is 0 Å². The lowest BCUT2D eigenvalue weighted by atomic mass is 10.2. The Bertz CT molecular complexity index is 638. The number of aromatic amines is 1. The zero-order chi connectivity index (χ0) is 11.8. The fraction of sp³-hybridized carbons (Fsp3) is 0.100. The molecule has 1 aliphatic heterocycles. The molecule has 86 valence electrons. The van der Waals surface area contributed by atoms with Gasteiger partial charge in [0, 0.05) is 5.56 Å². The third-order valence-corrected chi connectivity index (χ3v) is 2.31. The molecule has 0 saturated heterocycles.